The van der Waals surface area contributed by atoms with Crippen molar-refractivity contribution in [2.75, 3.05) is 13.1 Å². The molecular weight excluding hydrogens is 348 g/mol. The van der Waals surface area contributed by atoms with E-state index in [-0.39, 0.29) is 11.9 Å². The van der Waals surface area contributed by atoms with Crippen LogP contribution in [-0.4, -0.2) is 23.6 Å². The van der Waals surface area contributed by atoms with E-state index in [0.29, 0.717) is 25.1 Å². The molecule has 144 valence electrons. The van der Waals surface area contributed by atoms with E-state index in [2.05, 4.69) is 41.9 Å². The maximum Gasteiger partial charge on any atom is 0.316 e. The normalized spacial score (nSPS) is 23.4. The Morgan fingerprint density at radius 2 is 1.96 bits per heavy atom. The molecule has 3 atom stereocenters. The Balaban J connectivity index is 1.56. The average molecular weight is 374 g/mol. The topological polar surface area (TPSA) is 43.3 Å². The van der Waals surface area contributed by atoms with E-state index in [4.69, 9.17) is 4.74 Å². The van der Waals surface area contributed by atoms with Crippen LogP contribution in [0.4, 0.5) is 0 Å². The molecule has 28 heavy (non-hydrogen) atoms. The van der Waals surface area contributed by atoms with Crippen molar-refractivity contribution in [1.82, 2.24) is 9.88 Å². The van der Waals surface area contributed by atoms with E-state index in [1.54, 1.807) is 0 Å². The molecule has 0 amide bonds. The number of esters is 1. The molecule has 5 rings (SSSR count). The number of carbonyl (C=O) groups is 1. The fraction of sp³-hybridized carbons (Fsp3) is 0.375. The highest BCUT2D eigenvalue weighted by Gasteiger charge is 2.38. The van der Waals surface area contributed by atoms with Crippen LogP contribution < -0.4 is 5.32 Å². The Morgan fingerprint density at radius 3 is 2.79 bits per heavy atom. The minimum Gasteiger partial charge on any atom is -0.460 e. The minimum absolute atomic E-state index is 0.133. The maximum absolute atomic E-state index is 13.2. The molecule has 3 heterocycles. The van der Waals surface area contributed by atoms with Crippen LogP contribution >= 0.6 is 0 Å². The Labute approximate surface area is 165 Å². The second-order valence-electron chi connectivity index (χ2n) is 8.11. The van der Waals surface area contributed by atoms with Gasteiger partial charge in [0.05, 0.1) is 5.52 Å². The van der Waals surface area contributed by atoms with Crippen LogP contribution in [-0.2, 0) is 22.6 Å². The van der Waals surface area contributed by atoms with Gasteiger partial charge in [-0.15, -0.1) is 0 Å². The predicted molar refractivity (Wildman–Crippen MR) is 111 cm³/mol. The highest BCUT2D eigenvalue weighted by Crippen LogP contribution is 2.47. The number of para-hydroxylation sites is 1. The number of aromatic nitrogens is 1. The molecule has 4 heteroatoms. The summed E-state index contributed by atoms with van der Waals surface area (Å²) in [6.07, 6.45) is 0.950. The van der Waals surface area contributed by atoms with E-state index in [0.717, 1.165) is 18.5 Å². The van der Waals surface area contributed by atoms with Gasteiger partial charge < -0.3 is 14.6 Å². The first-order chi connectivity index (χ1) is 13.7. The molecule has 2 aliphatic rings. The zero-order chi connectivity index (χ0) is 19.3. The first-order valence-corrected chi connectivity index (χ1v) is 10.2. The quantitative estimate of drug-likeness (QED) is 0.696. The fourth-order valence-electron chi connectivity index (χ4n) is 4.97. The Kier molecular flexibility index (Phi) is 4.24. The zero-order valence-corrected chi connectivity index (χ0v) is 16.4. The number of benzene rings is 2. The molecule has 3 aromatic rings. The average Bonchev–Trinajstić information content (AvgIpc) is 3.06. The van der Waals surface area contributed by atoms with Gasteiger partial charge >= 0.3 is 5.97 Å². The van der Waals surface area contributed by atoms with E-state index < -0.39 is 0 Å². The number of carbonyl (C=O) groups excluding carboxylic acids is 1. The number of hydrogen-bond donors (Lipinski definition) is 1. The van der Waals surface area contributed by atoms with Gasteiger partial charge in [-0.2, -0.15) is 0 Å². The SMILES string of the molecule is CC1c2cccc3c4c(n(c23)C1C)C(C(=O)OCc1ccccc1)CNCC4. The summed E-state index contributed by atoms with van der Waals surface area (Å²) < 4.78 is 8.20. The largest absolute Gasteiger partial charge is 0.460 e. The van der Waals surface area contributed by atoms with Gasteiger partial charge in [0.25, 0.3) is 0 Å². The van der Waals surface area contributed by atoms with Gasteiger partial charge in [0.1, 0.15) is 12.5 Å². The molecule has 4 nitrogen and oxygen atoms in total. The van der Waals surface area contributed by atoms with Crippen LogP contribution in [0.5, 0.6) is 0 Å². The monoisotopic (exact) mass is 374 g/mol. The van der Waals surface area contributed by atoms with Crippen molar-refractivity contribution in [2.45, 2.75) is 44.8 Å². The van der Waals surface area contributed by atoms with Crippen molar-refractivity contribution < 1.29 is 9.53 Å². The number of rotatable bonds is 3. The molecule has 1 N–H and O–H groups in total. The first-order valence-electron chi connectivity index (χ1n) is 10.2. The molecule has 0 saturated heterocycles. The van der Waals surface area contributed by atoms with Crippen LogP contribution in [0, 0.1) is 0 Å². The van der Waals surface area contributed by atoms with Gasteiger partial charge in [-0.3, -0.25) is 4.79 Å². The summed E-state index contributed by atoms with van der Waals surface area (Å²) in [4.78, 5) is 13.2. The van der Waals surface area contributed by atoms with Gasteiger partial charge in [0.2, 0.25) is 0 Å². The molecular formula is C24H26N2O2. The summed E-state index contributed by atoms with van der Waals surface area (Å²) >= 11 is 0. The summed E-state index contributed by atoms with van der Waals surface area (Å²) in [5.74, 6) is 0.0577. The molecule has 0 aliphatic carbocycles. The fourth-order valence-corrected chi connectivity index (χ4v) is 4.97. The summed E-state index contributed by atoms with van der Waals surface area (Å²) in [5.41, 5.74) is 6.24. The Morgan fingerprint density at radius 1 is 1.14 bits per heavy atom. The number of fused-ring (bicyclic) bond motifs is 3. The van der Waals surface area contributed by atoms with Crippen molar-refractivity contribution in [3.63, 3.8) is 0 Å². The Hall–Kier alpha value is -2.59. The molecule has 2 aliphatic heterocycles. The number of hydrogen-bond acceptors (Lipinski definition) is 3. The van der Waals surface area contributed by atoms with Crippen LogP contribution in [0.3, 0.4) is 0 Å². The van der Waals surface area contributed by atoms with Crippen LogP contribution in [0.15, 0.2) is 48.5 Å². The van der Waals surface area contributed by atoms with Crippen molar-refractivity contribution in [3.05, 3.63) is 70.9 Å². The van der Waals surface area contributed by atoms with Crippen molar-refractivity contribution in [1.29, 1.82) is 0 Å². The molecule has 1 aromatic heterocycles. The maximum atomic E-state index is 13.2. The lowest BCUT2D eigenvalue weighted by molar-refractivity contribution is -0.146. The first kappa shape index (κ1) is 17.5. The summed E-state index contributed by atoms with van der Waals surface area (Å²) in [7, 11) is 0. The molecule has 0 bridgehead atoms. The van der Waals surface area contributed by atoms with E-state index >= 15 is 0 Å². The second-order valence-corrected chi connectivity index (χ2v) is 8.11. The van der Waals surface area contributed by atoms with Crippen molar-refractivity contribution in [2.24, 2.45) is 0 Å². The lowest BCUT2D eigenvalue weighted by Crippen LogP contribution is -2.29. The van der Waals surface area contributed by atoms with Crippen LogP contribution in [0.2, 0.25) is 0 Å². The predicted octanol–water partition coefficient (Wildman–Crippen LogP) is 4.29. The van der Waals surface area contributed by atoms with Gasteiger partial charge in [-0.25, -0.2) is 0 Å². The smallest absolute Gasteiger partial charge is 0.316 e. The lowest BCUT2D eigenvalue weighted by atomic mass is 9.92. The van der Waals surface area contributed by atoms with Gasteiger partial charge in [0, 0.05) is 29.6 Å². The summed E-state index contributed by atoms with van der Waals surface area (Å²) in [6.45, 7) is 6.41. The third-order valence-corrected chi connectivity index (χ3v) is 6.56. The molecule has 2 aromatic carbocycles. The number of ether oxygens (including phenoxy) is 1. The number of nitrogens with one attached hydrogen (secondary N) is 1. The molecule has 0 spiro atoms. The highest BCUT2D eigenvalue weighted by atomic mass is 16.5. The van der Waals surface area contributed by atoms with E-state index in [1.807, 2.05) is 30.3 Å². The van der Waals surface area contributed by atoms with Crippen LogP contribution in [0.1, 0.15) is 54.1 Å². The third-order valence-electron chi connectivity index (χ3n) is 6.56. The molecule has 0 fully saturated rings. The van der Waals surface area contributed by atoms with Gasteiger partial charge in [-0.1, -0.05) is 55.5 Å². The second kappa shape index (κ2) is 6.78. The standard InChI is InChI=1S/C24H26N2O2/c1-15-16(2)26-22-18(15)9-6-10-19(22)20-11-12-25-13-21(23(20)26)24(27)28-14-17-7-4-3-5-8-17/h3-10,15-16,21,25H,11-14H2,1-2H3. The third kappa shape index (κ3) is 2.59. The van der Waals surface area contributed by atoms with Gasteiger partial charge in [-0.05, 0) is 36.6 Å². The van der Waals surface area contributed by atoms with Gasteiger partial charge in [0.15, 0.2) is 0 Å². The molecule has 0 radical (unpaired) electrons. The number of nitrogens with zero attached hydrogens (tertiary/aromatic N) is 1. The van der Waals surface area contributed by atoms with Crippen LogP contribution in [0.25, 0.3) is 10.9 Å². The Bertz CT molecular complexity index is 1040. The zero-order valence-electron chi connectivity index (χ0n) is 16.4. The molecule has 0 saturated carbocycles. The summed E-state index contributed by atoms with van der Waals surface area (Å²) in [6, 6.07) is 16.9. The summed E-state index contributed by atoms with van der Waals surface area (Å²) in [5, 5.41) is 4.77. The van der Waals surface area contributed by atoms with Crippen molar-refractivity contribution >= 4 is 16.9 Å². The van der Waals surface area contributed by atoms with Crippen molar-refractivity contribution in [3.8, 4) is 0 Å². The van der Waals surface area contributed by atoms with E-state index in [9.17, 15) is 4.79 Å². The molecule has 3 unspecified atom stereocenters. The lowest BCUT2D eigenvalue weighted by Gasteiger charge is -2.22. The minimum atomic E-state index is -0.269. The highest BCUT2D eigenvalue weighted by molar-refractivity contribution is 5.93. The van der Waals surface area contributed by atoms with E-state index in [1.165, 1.54) is 27.7 Å².